The molecule has 0 aliphatic carbocycles. The lowest BCUT2D eigenvalue weighted by atomic mass is 10.1. The van der Waals surface area contributed by atoms with Crippen LogP contribution >= 0.6 is 0 Å². The van der Waals surface area contributed by atoms with E-state index < -0.39 is 0 Å². The largest absolute Gasteiger partial charge is 0.341 e. The zero-order chi connectivity index (χ0) is 13.9. The molecule has 0 fully saturated rings. The van der Waals surface area contributed by atoms with Gasteiger partial charge in [-0.25, -0.2) is 4.98 Å². The van der Waals surface area contributed by atoms with Crippen LogP contribution in [0.25, 0.3) is 11.0 Å². The number of aromatic amines is 1. The Bertz CT molecular complexity index is 675. The Morgan fingerprint density at radius 2 is 1.75 bits per heavy atom. The summed E-state index contributed by atoms with van der Waals surface area (Å²) in [6.45, 7) is 5.88. The minimum Gasteiger partial charge on any atom is -0.341 e. The molecule has 3 nitrogen and oxygen atoms in total. The van der Waals surface area contributed by atoms with Gasteiger partial charge in [0.25, 0.3) is 0 Å². The van der Waals surface area contributed by atoms with Crippen LogP contribution < -0.4 is 5.32 Å². The summed E-state index contributed by atoms with van der Waals surface area (Å²) < 4.78 is 0. The molecule has 0 radical (unpaired) electrons. The van der Waals surface area contributed by atoms with E-state index in [2.05, 4.69) is 53.4 Å². The molecule has 102 valence electrons. The molecule has 0 atom stereocenters. The molecule has 0 amide bonds. The molecule has 1 aromatic heterocycles. The molecule has 2 aromatic carbocycles. The van der Waals surface area contributed by atoms with Gasteiger partial charge in [-0.3, -0.25) is 0 Å². The van der Waals surface area contributed by atoms with Gasteiger partial charge in [0, 0.05) is 6.54 Å². The van der Waals surface area contributed by atoms with Gasteiger partial charge in [0.15, 0.2) is 0 Å². The Morgan fingerprint density at radius 3 is 2.50 bits per heavy atom. The van der Waals surface area contributed by atoms with Gasteiger partial charge in [0.05, 0.1) is 17.6 Å². The van der Waals surface area contributed by atoms with Gasteiger partial charge in [0.2, 0.25) is 0 Å². The van der Waals surface area contributed by atoms with Crippen LogP contribution in [-0.2, 0) is 13.1 Å². The normalized spacial score (nSPS) is 11.1. The zero-order valence-electron chi connectivity index (χ0n) is 11.9. The molecule has 0 spiro atoms. The Morgan fingerprint density at radius 1 is 1.00 bits per heavy atom. The fourth-order valence-electron chi connectivity index (χ4n) is 2.59. The number of fused-ring (bicyclic) bond motifs is 1. The topological polar surface area (TPSA) is 40.7 Å². The molecule has 0 saturated carbocycles. The number of benzene rings is 2. The van der Waals surface area contributed by atoms with Crippen molar-refractivity contribution >= 4 is 11.0 Å². The SMILES string of the molecule is Cc1cc(C)cc(CNCc2nc3ccccc3[nH]2)c1. The zero-order valence-corrected chi connectivity index (χ0v) is 11.9. The summed E-state index contributed by atoms with van der Waals surface area (Å²) >= 11 is 0. The minimum atomic E-state index is 0.752. The fourth-order valence-corrected chi connectivity index (χ4v) is 2.59. The van der Waals surface area contributed by atoms with E-state index in [0.29, 0.717) is 0 Å². The molecule has 3 aromatic rings. The molecule has 1 heterocycles. The maximum absolute atomic E-state index is 4.56. The summed E-state index contributed by atoms with van der Waals surface area (Å²) in [5, 5.41) is 3.44. The predicted octanol–water partition coefficient (Wildman–Crippen LogP) is 3.47. The predicted molar refractivity (Wildman–Crippen MR) is 82.6 cm³/mol. The molecule has 0 aliphatic heterocycles. The second-order valence-electron chi connectivity index (χ2n) is 5.30. The second kappa shape index (κ2) is 5.47. The molecular weight excluding hydrogens is 246 g/mol. The van der Waals surface area contributed by atoms with E-state index in [-0.39, 0.29) is 0 Å². The van der Waals surface area contributed by atoms with Crippen molar-refractivity contribution < 1.29 is 0 Å². The van der Waals surface area contributed by atoms with Crippen molar-refractivity contribution in [2.45, 2.75) is 26.9 Å². The molecule has 0 saturated heterocycles. The van der Waals surface area contributed by atoms with E-state index in [1.54, 1.807) is 0 Å². The number of nitrogens with one attached hydrogen (secondary N) is 2. The molecular formula is C17H19N3. The first-order valence-electron chi connectivity index (χ1n) is 6.92. The van der Waals surface area contributed by atoms with Gasteiger partial charge in [-0.05, 0) is 31.5 Å². The van der Waals surface area contributed by atoms with Crippen molar-refractivity contribution in [2.24, 2.45) is 0 Å². The van der Waals surface area contributed by atoms with Crippen LogP contribution in [0, 0.1) is 13.8 Å². The molecule has 0 aliphatic rings. The lowest BCUT2D eigenvalue weighted by Gasteiger charge is -2.06. The lowest BCUT2D eigenvalue weighted by molar-refractivity contribution is 0.670. The highest BCUT2D eigenvalue weighted by molar-refractivity contribution is 5.74. The monoisotopic (exact) mass is 265 g/mol. The summed E-state index contributed by atoms with van der Waals surface area (Å²) in [6.07, 6.45) is 0. The van der Waals surface area contributed by atoms with E-state index in [4.69, 9.17) is 0 Å². The molecule has 2 N–H and O–H groups in total. The summed E-state index contributed by atoms with van der Waals surface area (Å²) in [7, 11) is 0. The smallest absolute Gasteiger partial charge is 0.121 e. The van der Waals surface area contributed by atoms with Crippen LogP contribution in [0.2, 0.25) is 0 Å². The number of imidazole rings is 1. The van der Waals surface area contributed by atoms with Gasteiger partial charge in [-0.1, -0.05) is 41.5 Å². The maximum Gasteiger partial charge on any atom is 0.121 e. The van der Waals surface area contributed by atoms with Crippen LogP contribution in [0.5, 0.6) is 0 Å². The molecule has 3 rings (SSSR count). The lowest BCUT2D eigenvalue weighted by Crippen LogP contribution is -2.13. The second-order valence-corrected chi connectivity index (χ2v) is 5.30. The Balaban J connectivity index is 1.64. The average molecular weight is 265 g/mol. The van der Waals surface area contributed by atoms with Gasteiger partial charge in [-0.2, -0.15) is 0 Å². The Hall–Kier alpha value is -2.13. The summed E-state index contributed by atoms with van der Waals surface area (Å²) in [5.74, 6) is 0.982. The van der Waals surface area contributed by atoms with Gasteiger partial charge in [-0.15, -0.1) is 0 Å². The standard InChI is InChI=1S/C17H19N3/c1-12-7-13(2)9-14(8-12)10-18-11-17-19-15-5-3-4-6-16(15)20-17/h3-9,18H,10-11H2,1-2H3,(H,19,20). The first-order chi connectivity index (χ1) is 9.70. The van der Waals surface area contributed by atoms with Crippen molar-refractivity contribution in [3.63, 3.8) is 0 Å². The minimum absolute atomic E-state index is 0.752. The maximum atomic E-state index is 4.56. The van der Waals surface area contributed by atoms with Crippen LogP contribution in [0.1, 0.15) is 22.5 Å². The van der Waals surface area contributed by atoms with E-state index >= 15 is 0 Å². The van der Waals surface area contributed by atoms with Crippen molar-refractivity contribution in [1.82, 2.24) is 15.3 Å². The summed E-state index contributed by atoms with van der Waals surface area (Å²) in [4.78, 5) is 7.89. The van der Waals surface area contributed by atoms with E-state index in [1.807, 2.05) is 18.2 Å². The first kappa shape index (κ1) is 12.9. The Kier molecular flexibility index (Phi) is 3.52. The number of para-hydroxylation sites is 2. The van der Waals surface area contributed by atoms with Crippen molar-refractivity contribution in [2.75, 3.05) is 0 Å². The van der Waals surface area contributed by atoms with Crippen molar-refractivity contribution in [3.05, 3.63) is 65.0 Å². The summed E-state index contributed by atoms with van der Waals surface area (Å²) in [6, 6.07) is 14.7. The van der Waals surface area contributed by atoms with Crippen molar-refractivity contribution in [1.29, 1.82) is 0 Å². The van der Waals surface area contributed by atoms with Crippen LogP contribution in [-0.4, -0.2) is 9.97 Å². The summed E-state index contributed by atoms with van der Waals surface area (Å²) in [5.41, 5.74) is 6.06. The third kappa shape index (κ3) is 2.89. The average Bonchev–Trinajstić information content (AvgIpc) is 2.80. The highest BCUT2D eigenvalue weighted by atomic mass is 15.0. The highest BCUT2D eigenvalue weighted by Gasteiger charge is 2.01. The van der Waals surface area contributed by atoms with E-state index in [9.17, 15) is 0 Å². The first-order valence-corrected chi connectivity index (χ1v) is 6.92. The fraction of sp³-hybridized carbons (Fsp3) is 0.235. The molecule has 0 bridgehead atoms. The molecule has 0 unspecified atom stereocenters. The van der Waals surface area contributed by atoms with Crippen LogP contribution in [0.4, 0.5) is 0 Å². The quantitative estimate of drug-likeness (QED) is 0.758. The number of rotatable bonds is 4. The van der Waals surface area contributed by atoms with Gasteiger partial charge >= 0.3 is 0 Å². The number of aryl methyl sites for hydroxylation is 2. The Labute approximate surface area is 119 Å². The molecule has 20 heavy (non-hydrogen) atoms. The van der Waals surface area contributed by atoms with E-state index in [1.165, 1.54) is 16.7 Å². The van der Waals surface area contributed by atoms with Crippen molar-refractivity contribution in [3.8, 4) is 0 Å². The highest BCUT2D eigenvalue weighted by Crippen LogP contribution is 2.11. The third-order valence-corrected chi connectivity index (χ3v) is 3.34. The third-order valence-electron chi connectivity index (χ3n) is 3.34. The van der Waals surface area contributed by atoms with E-state index in [0.717, 1.165) is 29.9 Å². The van der Waals surface area contributed by atoms with Gasteiger partial charge in [0.1, 0.15) is 5.82 Å². The number of hydrogen-bond acceptors (Lipinski definition) is 2. The van der Waals surface area contributed by atoms with Crippen LogP contribution in [0.15, 0.2) is 42.5 Å². The number of H-pyrrole nitrogens is 1. The number of hydrogen-bond donors (Lipinski definition) is 2. The van der Waals surface area contributed by atoms with Gasteiger partial charge < -0.3 is 10.3 Å². The number of nitrogens with zero attached hydrogens (tertiary/aromatic N) is 1. The number of aromatic nitrogens is 2. The van der Waals surface area contributed by atoms with Crippen LogP contribution in [0.3, 0.4) is 0 Å². The molecule has 3 heteroatoms.